The number of hydrogen-bond donors (Lipinski definition) is 0. The molecule has 1 unspecified atom stereocenters. The van der Waals surface area contributed by atoms with E-state index in [1.54, 1.807) is 7.11 Å². The lowest BCUT2D eigenvalue weighted by molar-refractivity contribution is -0.870. The molecule has 0 fully saturated rings. The zero-order valence-corrected chi connectivity index (χ0v) is 24.4. The van der Waals surface area contributed by atoms with Gasteiger partial charge < -0.3 is 14.0 Å². The summed E-state index contributed by atoms with van der Waals surface area (Å²) in [4.78, 5) is 0. The molecule has 0 aliphatic carbocycles. The Balaban J connectivity index is 3.50. The molecule has 5 nitrogen and oxygen atoms in total. The monoisotopic (exact) mass is 506 g/mol. The van der Waals surface area contributed by atoms with E-state index in [1.807, 2.05) is 0 Å². The van der Waals surface area contributed by atoms with E-state index in [0.29, 0.717) is 19.6 Å². The molecule has 0 bridgehead atoms. The van der Waals surface area contributed by atoms with Crippen molar-refractivity contribution in [3.05, 3.63) is 0 Å². The summed E-state index contributed by atoms with van der Waals surface area (Å²) in [6, 6.07) is 0. The number of ether oxygens (including phenoxy) is 2. The third-order valence-electron chi connectivity index (χ3n) is 6.50. The standard InChI is InChI=1S/C28H60NO4S/c1-6-7-8-9-10-11-12-13-14-15-16-17-18-19-20-21-24-33-26-28(32-5)27-34(30,31)25-22-23-29(2,3)4/h28H,6-27H2,1-5H3/q+1. The summed E-state index contributed by atoms with van der Waals surface area (Å²) in [7, 11) is 4.71. The normalized spacial score (nSPS) is 13.4. The van der Waals surface area contributed by atoms with Crippen LogP contribution in [0.2, 0.25) is 0 Å². The minimum atomic E-state index is -3.10. The van der Waals surface area contributed by atoms with Crippen LogP contribution in [0.4, 0.5) is 0 Å². The van der Waals surface area contributed by atoms with Gasteiger partial charge in [0.05, 0.1) is 51.9 Å². The Hall–Kier alpha value is -0.170. The fraction of sp³-hybridized carbons (Fsp3) is 1.00. The average Bonchev–Trinajstić information content (AvgIpc) is 2.76. The number of unbranched alkanes of at least 4 members (excludes halogenated alkanes) is 15. The van der Waals surface area contributed by atoms with Crippen molar-refractivity contribution in [3.63, 3.8) is 0 Å². The van der Waals surface area contributed by atoms with Crippen molar-refractivity contribution < 1.29 is 22.4 Å². The third kappa shape index (κ3) is 24.9. The summed E-state index contributed by atoms with van der Waals surface area (Å²) >= 11 is 0. The minimum Gasteiger partial charge on any atom is -0.379 e. The van der Waals surface area contributed by atoms with Gasteiger partial charge in [0, 0.05) is 20.1 Å². The Kier molecular flexibility index (Phi) is 21.9. The predicted octanol–water partition coefficient (Wildman–Crippen LogP) is 6.79. The van der Waals surface area contributed by atoms with Gasteiger partial charge >= 0.3 is 0 Å². The number of quaternary nitrogens is 1. The molecule has 0 aliphatic heterocycles. The van der Waals surface area contributed by atoms with Crippen LogP contribution in [0.15, 0.2) is 0 Å². The van der Waals surface area contributed by atoms with E-state index >= 15 is 0 Å². The molecule has 0 radical (unpaired) electrons. The first-order valence-electron chi connectivity index (χ1n) is 14.3. The highest BCUT2D eigenvalue weighted by Crippen LogP contribution is 2.14. The smallest absolute Gasteiger partial charge is 0.153 e. The van der Waals surface area contributed by atoms with Crippen LogP contribution in [-0.4, -0.2) is 78.5 Å². The number of nitrogens with zero attached hydrogens (tertiary/aromatic N) is 1. The summed E-state index contributed by atoms with van der Waals surface area (Å²) in [5.41, 5.74) is 0. The van der Waals surface area contributed by atoms with E-state index in [9.17, 15) is 8.42 Å². The van der Waals surface area contributed by atoms with E-state index in [1.165, 1.54) is 96.3 Å². The molecular formula is C28H60NO4S+. The summed E-state index contributed by atoms with van der Waals surface area (Å²) in [5, 5.41) is 0. The molecule has 0 saturated heterocycles. The zero-order chi connectivity index (χ0) is 25.5. The number of methoxy groups -OCH3 is 1. The van der Waals surface area contributed by atoms with E-state index < -0.39 is 9.84 Å². The molecule has 0 aliphatic rings. The lowest BCUT2D eigenvalue weighted by Crippen LogP contribution is -2.37. The SMILES string of the molecule is CCCCCCCCCCCCCCCCCCOCC(CS(=O)(=O)CCC[N+](C)(C)C)OC. The van der Waals surface area contributed by atoms with Gasteiger partial charge in [0.15, 0.2) is 9.84 Å². The largest absolute Gasteiger partial charge is 0.379 e. The molecule has 0 heterocycles. The first kappa shape index (κ1) is 33.8. The lowest BCUT2D eigenvalue weighted by Gasteiger charge is -2.23. The Morgan fingerprint density at radius 1 is 0.676 bits per heavy atom. The molecule has 0 spiro atoms. The van der Waals surface area contributed by atoms with Crippen LogP contribution >= 0.6 is 0 Å². The van der Waals surface area contributed by atoms with E-state index in [4.69, 9.17) is 9.47 Å². The molecule has 6 heteroatoms. The Morgan fingerprint density at radius 2 is 1.12 bits per heavy atom. The van der Waals surface area contributed by atoms with Gasteiger partial charge in [-0.3, -0.25) is 0 Å². The zero-order valence-electron chi connectivity index (χ0n) is 23.6. The predicted molar refractivity (Wildman–Crippen MR) is 147 cm³/mol. The molecular weight excluding hydrogens is 446 g/mol. The number of rotatable bonds is 26. The molecule has 0 N–H and O–H groups in total. The summed E-state index contributed by atoms with van der Waals surface area (Å²) < 4.78 is 36.5. The van der Waals surface area contributed by atoms with Gasteiger partial charge in [0.2, 0.25) is 0 Å². The van der Waals surface area contributed by atoms with Crippen LogP contribution in [0, 0.1) is 0 Å². The van der Waals surface area contributed by atoms with Crippen LogP contribution < -0.4 is 0 Å². The van der Waals surface area contributed by atoms with Crippen LogP contribution in [-0.2, 0) is 19.3 Å². The quantitative estimate of drug-likeness (QED) is 0.0957. The minimum absolute atomic E-state index is 0.0552. The fourth-order valence-electron chi connectivity index (χ4n) is 4.28. The van der Waals surface area contributed by atoms with E-state index in [0.717, 1.165) is 17.4 Å². The molecule has 1 atom stereocenters. The van der Waals surface area contributed by atoms with Gasteiger partial charge in [0.1, 0.15) is 0 Å². The second kappa shape index (κ2) is 22.1. The highest BCUT2D eigenvalue weighted by Gasteiger charge is 2.20. The summed E-state index contributed by atoms with van der Waals surface area (Å²) in [5.74, 6) is 0.279. The molecule has 0 amide bonds. The van der Waals surface area contributed by atoms with Gasteiger partial charge in [-0.05, 0) is 6.42 Å². The van der Waals surface area contributed by atoms with Crippen molar-refractivity contribution in [2.24, 2.45) is 0 Å². The van der Waals surface area contributed by atoms with Gasteiger partial charge in [0.25, 0.3) is 0 Å². The molecule has 206 valence electrons. The Morgan fingerprint density at radius 3 is 1.53 bits per heavy atom. The number of sulfone groups is 1. The van der Waals surface area contributed by atoms with Gasteiger partial charge in [-0.1, -0.05) is 103 Å². The average molecular weight is 507 g/mol. The number of hydrogen-bond acceptors (Lipinski definition) is 4. The van der Waals surface area contributed by atoms with Crippen molar-refractivity contribution >= 4 is 9.84 Å². The van der Waals surface area contributed by atoms with Crippen molar-refractivity contribution in [3.8, 4) is 0 Å². The molecule has 0 rings (SSSR count). The molecule has 0 saturated carbocycles. The molecule has 0 aromatic heterocycles. The van der Waals surface area contributed by atoms with E-state index in [-0.39, 0.29) is 17.6 Å². The van der Waals surface area contributed by atoms with Crippen LogP contribution in [0.5, 0.6) is 0 Å². The first-order chi connectivity index (χ1) is 16.2. The third-order valence-corrected chi connectivity index (χ3v) is 8.29. The molecule has 0 aromatic rings. The topological polar surface area (TPSA) is 52.6 Å². The van der Waals surface area contributed by atoms with Crippen molar-refractivity contribution in [2.45, 2.75) is 122 Å². The maximum Gasteiger partial charge on any atom is 0.153 e. The van der Waals surface area contributed by atoms with E-state index in [2.05, 4.69) is 28.1 Å². The molecule has 34 heavy (non-hydrogen) atoms. The Labute approximate surface area is 213 Å². The maximum absolute atomic E-state index is 12.3. The lowest BCUT2D eigenvalue weighted by atomic mass is 10.0. The van der Waals surface area contributed by atoms with Gasteiger partial charge in [-0.25, -0.2) is 8.42 Å². The van der Waals surface area contributed by atoms with Gasteiger partial charge in [-0.15, -0.1) is 0 Å². The summed E-state index contributed by atoms with van der Waals surface area (Å²) in [6.45, 7) is 4.19. The van der Waals surface area contributed by atoms with Crippen LogP contribution in [0.1, 0.15) is 116 Å². The first-order valence-corrected chi connectivity index (χ1v) is 16.1. The second-order valence-corrected chi connectivity index (χ2v) is 13.4. The van der Waals surface area contributed by atoms with Crippen LogP contribution in [0.3, 0.4) is 0 Å². The second-order valence-electron chi connectivity index (χ2n) is 11.2. The maximum atomic E-state index is 12.3. The van der Waals surface area contributed by atoms with Crippen molar-refractivity contribution in [1.82, 2.24) is 0 Å². The molecule has 0 aromatic carbocycles. The summed E-state index contributed by atoms with van der Waals surface area (Å²) in [6.07, 6.45) is 22.0. The fourth-order valence-corrected chi connectivity index (χ4v) is 5.81. The van der Waals surface area contributed by atoms with Gasteiger partial charge in [-0.2, -0.15) is 0 Å². The van der Waals surface area contributed by atoms with Crippen LogP contribution in [0.25, 0.3) is 0 Å². The van der Waals surface area contributed by atoms with Crippen molar-refractivity contribution in [2.75, 3.05) is 59.5 Å². The van der Waals surface area contributed by atoms with Crippen molar-refractivity contribution in [1.29, 1.82) is 0 Å². The Bertz CT molecular complexity index is 531. The highest BCUT2D eigenvalue weighted by molar-refractivity contribution is 7.91. The highest BCUT2D eigenvalue weighted by atomic mass is 32.2.